The first kappa shape index (κ1) is 19.0. The molecule has 1 aliphatic rings. The number of nitrogens with one attached hydrogen (secondary N) is 1. The number of rotatable bonds is 3. The van der Waals surface area contributed by atoms with Crippen LogP contribution in [0.15, 0.2) is 29.5 Å². The topological polar surface area (TPSA) is 85.8 Å². The fourth-order valence-electron chi connectivity index (χ4n) is 3.01. The molecular weight excluding hydrogens is 399 g/mol. The monoisotopic (exact) mass is 412 g/mol. The number of imidazole rings is 1. The molecule has 3 heterocycles. The van der Waals surface area contributed by atoms with Crippen LogP contribution in [0, 0.1) is 11.6 Å². The van der Waals surface area contributed by atoms with E-state index in [0.717, 1.165) is 24.5 Å². The molecule has 3 aromatic rings. The fourth-order valence-corrected chi connectivity index (χ4v) is 3.01. The summed E-state index contributed by atoms with van der Waals surface area (Å²) in [5.74, 6) is -2.60. The summed E-state index contributed by atoms with van der Waals surface area (Å²) in [6.45, 7) is 1.61. The van der Waals surface area contributed by atoms with Gasteiger partial charge in [0, 0.05) is 25.2 Å². The Bertz CT molecular complexity index is 1060. The van der Waals surface area contributed by atoms with Gasteiger partial charge < -0.3 is 0 Å². The molecule has 0 fully saturated rings. The molecule has 0 saturated heterocycles. The zero-order valence-corrected chi connectivity index (χ0v) is 14.8. The molecule has 8 nitrogen and oxygen atoms in total. The van der Waals surface area contributed by atoms with Gasteiger partial charge in [0.1, 0.15) is 11.5 Å². The van der Waals surface area contributed by atoms with E-state index in [2.05, 4.69) is 30.9 Å². The number of aryl methyl sites for hydroxylation is 1. The normalized spacial score (nSPS) is 16.6. The molecule has 0 radical (unpaired) electrons. The Morgan fingerprint density at radius 2 is 1.90 bits per heavy atom. The molecule has 13 heteroatoms. The second kappa shape index (κ2) is 6.90. The number of nitrogens with zero attached hydrogens (tertiary/aromatic N) is 7. The van der Waals surface area contributed by atoms with Crippen molar-refractivity contribution in [2.45, 2.75) is 32.0 Å². The zero-order valence-electron chi connectivity index (χ0n) is 14.8. The van der Waals surface area contributed by atoms with Crippen LogP contribution in [-0.2, 0) is 12.6 Å². The molecule has 2 aromatic heterocycles. The van der Waals surface area contributed by atoms with E-state index >= 15 is 0 Å². The first-order valence-electron chi connectivity index (χ1n) is 8.45. The molecule has 0 spiro atoms. The Kier molecular flexibility index (Phi) is 4.51. The van der Waals surface area contributed by atoms with E-state index in [1.54, 1.807) is 6.92 Å². The Labute approximate surface area is 160 Å². The van der Waals surface area contributed by atoms with Gasteiger partial charge in [0.25, 0.3) is 0 Å². The maximum Gasteiger partial charge on any atom is 0.450 e. The lowest BCUT2D eigenvalue weighted by Gasteiger charge is -2.18. The van der Waals surface area contributed by atoms with Crippen molar-refractivity contribution in [1.29, 1.82) is 0 Å². The Morgan fingerprint density at radius 1 is 1.17 bits per heavy atom. The first-order chi connectivity index (χ1) is 13.7. The largest absolute Gasteiger partial charge is 0.450 e. The lowest BCUT2D eigenvalue weighted by Crippen LogP contribution is -2.31. The highest BCUT2D eigenvalue weighted by molar-refractivity contribution is 5.90. The van der Waals surface area contributed by atoms with Crippen LogP contribution in [0.4, 0.5) is 22.0 Å². The highest BCUT2D eigenvalue weighted by Crippen LogP contribution is 2.32. The van der Waals surface area contributed by atoms with Crippen molar-refractivity contribution < 1.29 is 22.0 Å². The van der Waals surface area contributed by atoms with Crippen molar-refractivity contribution in [2.24, 2.45) is 4.99 Å². The van der Waals surface area contributed by atoms with E-state index in [-0.39, 0.29) is 5.56 Å². The van der Waals surface area contributed by atoms with Crippen molar-refractivity contribution in [3.05, 3.63) is 53.4 Å². The van der Waals surface area contributed by atoms with Crippen LogP contribution in [-0.4, -0.2) is 35.7 Å². The molecule has 152 valence electrons. The number of fused-ring (bicyclic) bond motifs is 1. The molecule has 4 rings (SSSR count). The van der Waals surface area contributed by atoms with E-state index < -0.39 is 35.4 Å². The minimum absolute atomic E-state index is 0.161. The van der Waals surface area contributed by atoms with Crippen LogP contribution in [0.5, 0.6) is 0 Å². The Hall–Kier alpha value is -3.38. The smallest absolute Gasteiger partial charge is 0.291 e. The quantitative estimate of drug-likeness (QED) is 0.669. The van der Waals surface area contributed by atoms with E-state index in [1.807, 2.05) is 0 Å². The lowest BCUT2D eigenvalue weighted by atomic mass is 10.1. The van der Waals surface area contributed by atoms with Crippen LogP contribution in [0.2, 0.25) is 0 Å². The molecule has 0 bridgehead atoms. The van der Waals surface area contributed by atoms with Gasteiger partial charge in [-0.25, -0.2) is 13.8 Å². The number of aliphatic imine (C=N–C) groups is 1. The van der Waals surface area contributed by atoms with Gasteiger partial charge in [-0.05, 0) is 35.0 Å². The van der Waals surface area contributed by atoms with Gasteiger partial charge in [-0.15, -0.1) is 9.89 Å². The van der Waals surface area contributed by atoms with Crippen LogP contribution < -0.4 is 5.43 Å². The average molecular weight is 412 g/mol. The van der Waals surface area contributed by atoms with E-state index in [1.165, 1.54) is 4.79 Å². The van der Waals surface area contributed by atoms with Gasteiger partial charge in [-0.3, -0.25) is 15.0 Å². The average Bonchev–Trinajstić information content (AvgIpc) is 3.29. The molecular formula is C16H13F5N8. The number of benzene rings is 1. The fraction of sp³-hybridized carbons (Fsp3) is 0.312. The minimum Gasteiger partial charge on any atom is -0.291 e. The molecule has 1 N–H and O–H groups in total. The summed E-state index contributed by atoms with van der Waals surface area (Å²) in [7, 11) is 0. The van der Waals surface area contributed by atoms with Gasteiger partial charge in [0.2, 0.25) is 5.82 Å². The van der Waals surface area contributed by atoms with Gasteiger partial charge in [0.05, 0.1) is 6.04 Å². The van der Waals surface area contributed by atoms with Gasteiger partial charge >= 0.3 is 6.18 Å². The summed E-state index contributed by atoms with van der Waals surface area (Å²) >= 11 is 0. The summed E-state index contributed by atoms with van der Waals surface area (Å²) in [5, 5.41) is 11.1. The minimum atomic E-state index is -4.86. The highest BCUT2D eigenvalue weighted by Gasteiger charge is 2.37. The van der Waals surface area contributed by atoms with E-state index in [9.17, 15) is 22.0 Å². The molecule has 1 aliphatic heterocycles. The summed E-state index contributed by atoms with van der Waals surface area (Å²) in [5.41, 5.74) is 2.18. The predicted molar refractivity (Wildman–Crippen MR) is 89.8 cm³/mol. The second-order valence-corrected chi connectivity index (χ2v) is 6.32. The number of halogens is 5. The third-order valence-electron chi connectivity index (χ3n) is 4.36. The number of hydrogen-bond donors (Lipinski definition) is 1. The summed E-state index contributed by atoms with van der Waals surface area (Å²) < 4.78 is 68.5. The van der Waals surface area contributed by atoms with Crippen LogP contribution in [0.25, 0.3) is 5.69 Å². The molecule has 0 saturated carbocycles. The van der Waals surface area contributed by atoms with Gasteiger partial charge in [-0.2, -0.15) is 13.2 Å². The summed E-state index contributed by atoms with van der Waals surface area (Å²) in [6, 6.07) is 1.25. The van der Waals surface area contributed by atoms with Gasteiger partial charge in [0.15, 0.2) is 17.5 Å². The molecule has 1 aromatic carbocycles. The van der Waals surface area contributed by atoms with Crippen LogP contribution >= 0.6 is 0 Å². The summed E-state index contributed by atoms with van der Waals surface area (Å²) in [6.07, 6.45) is -2.15. The van der Waals surface area contributed by atoms with Crippen LogP contribution in [0.1, 0.15) is 36.6 Å². The lowest BCUT2D eigenvalue weighted by molar-refractivity contribution is -0.146. The van der Waals surface area contributed by atoms with Crippen molar-refractivity contribution in [3.8, 4) is 5.69 Å². The molecule has 1 unspecified atom stereocenters. The SMILES string of the molecule is CC(N=C1CCc2nnnn2N1)c1cc(F)c(-n2ccnc2C(F)(F)F)c(F)c1. The number of tetrazole rings is 1. The molecule has 0 aliphatic carbocycles. The molecule has 1 atom stereocenters. The summed E-state index contributed by atoms with van der Waals surface area (Å²) in [4.78, 5) is 8.87. The van der Waals surface area contributed by atoms with Crippen LogP contribution in [0.3, 0.4) is 0 Å². The maximum atomic E-state index is 14.6. The highest BCUT2D eigenvalue weighted by atomic mass is 19.4. The van der Waals surface area contributed by atoms with E-state index in [0.29, 0.717) is 29.1 Å². The van der Waals surface area contributed by atoms with Crippen molar-refractivity contribution in [3.63, 3.8) is 0 Å². The van der Waals surface area contributed by atoms with E-state index in [4.69, 9.17) is 0 Å². The number of alkyl halides is 3. The second-order valence-electron chi connectivity index (χ2n) is 6.32. The Balaban J connectivity index is 1.64. The van der Waals surface area contributed by atoms with Crippen molar-refractivity contribution in [2.75, 3.05) is 5.43 Å². The standard InChI is InChI=1S/C16H13F5N8/c1-8(23-12-2-3-13-24-26-27-29(13)25-12)9-6-10(17)14(11(18)7-9)28-5-4-22-15(28)16(19,20)21/h4-8H,2-3H2,1H3,(H,23,25). The zero-order chi connectivity index (χ0) is 20.8. The molecule has 0 amide bonds. The predicted octanol–water partition coefficient (Wildman–Crippen LogP) is 2.81. The Morgan fingerprint density at radius 3 is 2.59 bits per heavy atom. The molecule has 29 heavy (non-hydrogen) atoms. The van der Waals surface area contributed by atoms with Crippen molar-refractivity contribution in [1.82, 2.24) is 29.9 Å². The third-order valence-corrected chi connectivity index (χ3v) is 4.36. The number of hydrogen-bond acceptors (Lipinski definition) is 5. The van der Waals surface area contributed by atoms with Crippen molar-refractivity contribution >= 4 is 5.84 Å². The van der Waals surface area contributed by atoms with Gasteiger partial charge in [-0.1, -0.05) is 0 Å². The third kappa shape index (κ3) is 3.54. The maximum absolute atomic E-state index is 14.6. The number of amidine groups is 1. The number of aromatic nitrogens is 6. The first-order valence-corrected chi connectivity index (χ1v) is 8.45.